The first kappa shape index (κ1) is 22.3. The second-order valence-corrected chi connectivity index (χ2v) is 9.23. The summed E-state index contributed by atoms with van der Waals surface area (Å²) in [4.78, 5) is 30.4. The van der Waals surface area contributed by atoms with Crippen LogP contribution in [0.15, 0.2) is 11.6 Å². The maximum atomic E-state index is 12.4. The molecule has 0 radical (unpaired) electrons. The third-order valence-corrected chi connectivity index (χ3v) is 7.15. The SMILES string of the molecule is COc1c(C)c2c(c(OC)c1CC=C(C)CCC(=O)Nc1nc3c(s1)CCC3)C(=O)OC2. The van der Waals surface area contributed by atoms with Gasteiger partial charge in [-0.3, -0.25) is 4.79 Å². The second-order valence-electron chi connectivity index (χ2n) is 8.14. The number of hydrogen-bond acceptors (Lipinski definition) is 7. The van der Waals surface area contributed by atoms with Gasteiger partial charge >= 0.3 is 5.97 Å². The number of fused-ring (bicyclic) bond motifs is 2. The standard InChI is InChI=1S/C24H28N2O5S/c1-13(9-11-19(27)26-24-25-17-6-5-7-18(17)32-24)8-10-15-21(29-3)14(2)16-12-31-23(28)20(16)22(15)30-4/h8H,5-7,9-12H2,1-4H3,(H,25,26,27). The van der Waals surface area contributed by atoms with Gasteiger partial charge in [0.2, 0.25) is 5.91 Å². The lowest BCUT2D eigenvalue weighted by Gasteiger charge is -2.18. The Hall–Kier alpha value is -2.87. The molecule has 170 valence electrons. The van der Waals surface area contributed by atoms with Crippen molar-refractivity contribution >= 4 is 28.3 Å². The number of thiazole rings is 1. The van der Waals surface area contributed by atoms with Crippen LogP contribution >= 0.6 is 11.3 Å². The van der Waals surface area contributed by atoms with Crippen LogP contribution in [0.25, 0.3) is 0 Å². The summed E-state index contributed by atoms with van der Waals surface area (Å²) in [6, 6.07) is 0. The average Bonchev–Trinajstić information content (AvgIpc) is 3.46. The van der Waals surface area contributed by atoms with Crippen LogP contribution in [0.3, 0.4) is 0 Å². The molecule has 0 unspecified atom stereocenters. The minimum atomic E-state index is -0.366. The number of hydrogen-bond donors (Lipinski definition) is 1. The maximum Gasteiger partial charge on any atom is 0.342 e. The van der Waals surface area contributed by atoms with Gasteiger partial charge in [0.05, 0.1) is 19.9 Å². The van der Waals surface area contributed by atoms with Crippen molar-refractivity contribution in [1.29, 1.82) is 0 Å². The zero-order chi connectivity index (χ0) is 22.8. The number of anilines is 1. The molecular formula is C24H28N2O5S. The van der Waals surface area contributed by atoms with Crippen LogP contribution < -0.4 is 14.8 Å². The lowest BCUT2D eigenvalue weighted by atomic mass is 9.94. The number of methoxy groups -OCH3 is 2. The Morgan fingerprint density at radius 3 is 2.72 bits per heavy atom. The molecule has 0 saturated carbocycles. The molecule has 1 aliphatic carbocycles. The number of esters is 1. The van der Waals surface area contributed by atoms with Crippen LogP contribution in [0, 0.1) is 6.92 Å². The van der Waals surface area contributed by atoms with Crippen molar-refractivity contribution in [2.75, 3.05) is 19.5 Å². The number of aryl methyl sites for hydroxylation is 2. The van der Waals surface area contributed by atoms with E-state index in [4.69, 9.17) is 14.2 Å². The van der Waals surface area contributed by atoms with Crippen LogP contribution in [0.2, 0.25) is 0 Å². The van der Waals surface area contributed by atoms with Crippen LogP contribution in [0.1, 0.15) is 63.8 Å². The number of carbonyl (C=O) groups excluding carboxylic acids is 2. The molecular weight excluding hydrogens is 428 g/mol. The Balaban J connectivity index is 1.43. The molecule has 0 saturated heterocycles. The first-order valence-corrected chi connectivity index (χ1v) is 11.6. The van der Waals surface area contributed by atoms with E-state index in [1.165, 1.54) is 4.88 Å². The van der Waals surface area contributed by atoms with Crippen LogP contribution in [0.4, 0.5) is 5.13 Å². The van der Waals surface area contributed by atoms with Crippen molar-refractivity contribution in [2.45, 2.75) is 59.0 Å². The van der Waals surface area contributed by atoms with E-state index >= 15 is 0 Å². The fraction of sp³-hybridized carbons (Fsp3) is 0.458. The predicted octanol–water partition coefficient (Wildman–Crippen LogP) is 4.54. The van der Waals surface area contributed by atoms with E-state index in [1.54, 1.807) is 25.6 Å². The smallest absolute Gasteiger partial charge is 0.342 e. The van der Waals surface area contributed by atoms with Gasteiger partial charge in [-0.25, -0.2) is 9.78 Å². The highest BCUT2D eigenvalue weighted by Gasteiger charge is 2.32. The number of nitrogens with one attached hydrogen (secondary N) is 1. The van der Waals surface area contributed by atoms with E-state index < -0.39 is 0 Å². The van der Waals surface area contributed by atoms with E-state index in [1.807, 2.05) is 13.8 Å². The lowest BCUT2D eigenvalue weighted by molar-refractivity contribution is -0.116. The molecule has 1 aromatic heterocycles. The summed E-state index contributed by atoms with van der Waals surface area (Å²) in [6.45, 7) is 4.16. The minimum absolute atomic E-state index is 0.0311. The van der Waals surface area contributed by atoms with Gasteiger partial charge in [0.15, 0.2) is 5.13 Å². The van der Waals surface area contributed by atoms with Gasteiger partial charge < -0.3 is 19.5 Å². The molecule has 7 nitrogen and oxygen atoms in total. The molecule has 1 aliphatic heterocycles. The number of allylic oxidation sites excluding steroid dienone is 2. The number of ether oxygens (including phenoxy) is 3. The summed E-state index contributed by atoms with van der Waals surface area (Å²) in [7, 11) is 3.17. The molecule has 1 amide bonds. The molecule has 2 heterocycles. The Kier molecular flexibility index (Phi) is 6.50. The van der Waals surface area contributed by atoms with E-state index in [9.17, 15) is 9.59 Å². The van der Waals surface area contributed by atoms with Crippen LogP contribution in [0.5, 0.6) is 11.5 Å². The number of carbonyl (C=O) groups is 2. The summed E-state index contributed by atoms with van der Waals surface area (Å²) < 4.78 is 16.5. The van der Waals surface area contributed by atoms with Crippen molar-refractivity contribution < 1.29 is 23.8 Å². The van der Waals surface area contributed by atoms with E-state index in [-0.39, 0.29) is 18.5 Å². The van der Waals surface area contributed by atoms with Crippen molar-refractivity contribution in [3.8, 4) is 11.5 Å². The highest BCUT2D eigenvalue weighted by Crippen LogP contribution is 2.42. The number of benzene rings is 1. The fourth-order valence-corrected chi connectivity index (χ4v) is 5.42. The monoisotopic (exact) mass is 456 g/mol. The van der Waals surface area contributed by atoms with E-state index in [2.05, 4.69) is 16.4 Å². The minimum Gasteiger partial charge on any atom is -0.496 e. The van der Waals surface area contributed by atoms with Gasteiger partial charge in [-0.2, -0.15) is 0 Å². The van der Waals surface area contributed by atoms with E-state index in [0.717, 1.165) is 47.2 Å². The molecule has 4 rings (SSSR count). The first-order chi connectivity index (χ1) is 15.4. The number of amides is 1. The second kappa shape index (κ2) is 9.32. The van der Waals surface area contributed by atoms with Gasteiger partial charge in [0.1, 0.15) is 23.7 Å². The summed E-state index contributed by atoms with van der Waals surface area (Å²) in [6.07, 6.45) is 6.84. The van der Waals surface area contributed by atoms with Crippen molar-refractivity contribution in [2.24, 2.45) is 0 Å². The highest BCUT2D eigenvalue weighted by molar-refractivity contribution is 7.15. The molecule has 0 spiro atoms. The molecule has 0 bridgehead atoms. The first-order valence-electron chi connectivity index (χ1n) is 10.8. The van der Waals surface area contributed by atoms with Crippen molar-refractivity contribution in [3.63, 3.8) is 0 Å². The Morgan fingerprint density at radius 1 is 1.22 bits per heavy atom. The van der Waals surface area contributed by atoms with Crippen LogP contribution in [-0.4, -0.2) is 31.1 Å². The third-order valence-electron chi connectivity index (χ3n) is 6.07. The maximum absolute atomic E-state index is 12.4. The predicted molar refractivity (Wildman–Crippen MR) is 123 cm³/mol. The topological polar surface area (TPSA) is 86.8 Å². The number of rotatable bonds is 8. The van der Waals surface area contributed by atoms with Gasteiger partial charge in [0, 0.05) is 22.4 Å². The Labute approximate surface area is 191 Å². The third kappa shape index (κ3) is 4.24. The highest BCUT2D eigenvalue weighted by atomic mass is 32.1. The van der Waals surface area contributed by atoms with Crippen molar-refractivity contribution in [1.82, 2.24) is 4.98 Å². The van der Waals surface area contributed by atoms with Gasteiger partial charge in [-0.1, -0.05) is 11.6 Å². The molecule has 8 heteroatoms. The van der Waals surface area contributed by atoms with Gasteiger partial charge in [-0.15, -0.1) is 11.3 Å². The number of aromatic nitrogens is 1. The molecule has 0 atom stereocenters. The van der Waals surface area contributed by atoms with Crippen LogP contribution in [-0.2, 0) is 35.4 Å². The summed E-state index contributed by atoms with van der Waals surface area (Å²) in [5.41, 5.74) is 5.22. The Bertz CT molecular complexity index is 1080. The quantitative estimate of drug-likeness (QED) is 0.464. The van der Waals surface area contributed by atoms with E-state index in [0.29, 0.717) is 41.5 Å². The lowest BCUT2D eigenvalue weighted by Crippen LogP contribution is -2.11. The summed E-state index contributed by atoms with van der Waals surface area (Å²) in [5.74, 6) is 0.812. The zero-order valence-electron chi connectivity index (χ0n) is 18.9. The molecule has 0 fully saturated rings. The van der Waals surface area contributed by atoms with Gasteiger partial charge in [0.25, 0.3) is 0 Å². The van der Waals surface area contributed by atoms with Gasteiger partial charge in [-0.05, 0) is 51.5 Å². The summed E-state index contributed by atoms with van der Waals surface area (Å²) >= 11 is 1.59. The number of nitrogens with zero attached hydrogens (tertiary/aromatic N) is 1. The number of cyclic esters (lactones) is 1. The molecule has 32 heavy (non-hydrogen) atoms. The Morgan fingerprint density at radius 2 is 2.00 bits per heavy atom. The molecule has 2 aliphatic rings. The zero-order valence-corrected chi connectivity index (χ0v) is 19.7. The molecule has 2 aromatic rings. The average molecular weight is 457 g/mol. The summed E-state index contributed by atoms with van der Waals surface area (Å²) in [5, 5.41) is 3.63. The normalized spacial score (nSPS) is 14.8. The molecule has 1 aromatic carbocycles. The molecule has 1 N–H and O–H groups in total. The largest absolute Gasteiger partial charge is 0.496 e. The van der Waals surface area contributed by atoms with Crippen molar-refractivity contribution in [3.05, 3.63) is 44.5 Å². The fourth-order valence-electron chi connectivity index (χ4n) is 4.35.